The van der Waals surface area contributed by atoms with Gasteiger partial charge in [-0.05, 0) is 24.4 Å². The third-order valence-electron chi connectivity index (χ3n) is 2.99. The Morgan fingerprint density at radius 2 is 1.44 bits per heavy atom. The molecule has 0 aliphatic heterocycles. The summed E-state index contributed by atoms with van der Waals surface area (Å²) in [6.07, 6.45) is 2.11. The molecule has 1 aromatic rings. The first-order valence-corrected chi connectivity index (χ1v) is 9.31. The summed E-state index contributed by atoms with van der Waals surface area (Å²) in [6, 6.07) is 12.5. The maximum atomic E-state index is 6.15. The first kappa shape index (κ1) is 15.4. The van der Waals surface area contributed by atoms with E-state index in [9.17, 15) is 0 Å². The molecule has 2 nitrogen and oxygen atoms in total. The van der Waals surface area contributed by atoms with Gasteiger partial charge < -0.3 is 8.85 Å². The predicted octanol–water partition coefficient (Wildman–Crippen LogP) is 4.08. The van der Waals surface area contributed by atoms with Gasteiger partial charge in [0.2, 0.25) is 0 Å². The Morgan fingerprint density at radius 1 is 0.889 bits per heavy atom. The van der Waals surface area contributed by atoms with E-state index < -0.39 is 8.56 Å². The van der Waals surface area contributed by atoms with Crippen LogP contribution in [-0.2, 0) is 14.9 Å². The monoisotopic (exact) mass is 266 g/mol. The van der Waals surface area contributed by atoms with Gasteiger partial charge in [-0.1, -0.05) is 51.1 Å². The topological polar surface area (TPSA) is 18.5 Å². The quantitative estimate of drug-likeness (QED) is 0.627. The molecule has 0 radical (unpaired) electrons. The van der Waals surface area contributed by atoms with Gasteiger partial charge in [0.1, 0.15) is 0 Å². The highest BCUT2D eigenvalue weighted by molar-refractivity contribution is 6.66. The number of rotatable bonds is 9. The summed E-state index contributed by atoms with van der Waals surface area (Å²) in [5.74, 6) is 0. The highest BCUT2D eigenvalue weighted by atomic mass is 28.4. The van der Waals surface area contributed by atoms with Crippen LogP contribution in [0.4, 0.5) is 0 Å². The summed E-state index contributed by atoms with van der Waals surface area (Å²) < 4.78 is 12.3. The maximum Gasteiger partial charge on any atom is 0.342 e. The van der Waals surface area contributed by atoms with Crippen LogP contribution < -0.4 is 0 Å². The molecule has 0 N–H and O–H groups in total. The minimum absolute atomic E-state index is 0.816. The smallest absolute Gasteiger partial charge is 0.342 e. The Bertz CT molecular complexity index is 306. The molecule has 0 aliphatic carbocycles. The van der Waals surface area contributed by atoms with E-state index in [1.807, 2.05) is 0 Å². The molecule has 0 unspecified atom stereocenters. The Balaban J connectivity index is 2.73. The van der Waals surface area contributed by atoms with Crippen LogP contribution in [0.1, 0.15) is 39.2 Å². The zero-order valence-electron chi connectivity index (χ0n) is 11.9. The Morgan fingerprint density at radius 3 is 1.89 bits per heavy atom. The van der Waals surface area contributed by atoms with Crippen LogP contribution in [0.25, 0.3) is 0 Å². The molecular formula is C15H26O2Si. The molecule has 0 aromatic heterocycles. The van der Waals surface area contributed by atoms with Crippen LogP contribution in [0.5, 0.6) is 0 Å². The standard InChI is InChI=1S/C15H26O2Si/c1-4-12-16-18(6-3,17-13-5-2)14-15-10-8-7-9-11-15/h7-11H,4-6,12-14H2,1-3H3. The lowest BCUT2D eigenvalue weighted by atomic mass is 10.2. The first-order valence-electron chi connectivity index (χ1n) is 7.08. The van der Waals surface area contributed by atoms with Crippen molar-refractivity contribution in [2.45, 2.75) is 45.7 Å². The van der Waals surface area contributed by atoms with E-state index in [1.54, 1.807) is 0 Å². The second-order valence-corrected chi connectivity index (χ2v) is 8.08. The highest BCUT2D eigenvalue weighted by Crippen LogP contribution is 2.20. The lowest BCUT2D eigenvalue weighted by Gasteiger charge is -2.30. The first-order chi connectivity index (χ1) is 8.76. The SMILES string of the molecule is CCCO[Si](CC)(Cc1ccccc1)OCCC. The van der Waals surface area contributed by atoms with Crippen LogP contribution >= 0.6 is 0 Å². The fraction of sp³-hybridized carbons (Fsp3) is 0.600. The maximum absolute atomic E-state index is 6.15. The molecule has 102 valence electrons. The summed E-state index contributed by atoms with van der Waals surface area (Å²) in [5.41, 5.74) is 1.33. The van der Waals surface area contributed by atoms with Crippen LogP contribution in [-0.4, -0.2) is 21.8 Å². The minimum atomic E-state index is -2.05. The second kappa shape index (κ2) is 8.46. The van der Waals surface area contributed by atoms with Crippen molar-refractivity contribution in [1.82, 2.24) is 0 Å². The molecule has 1 rings (SSSR count). The van der Waals surface area contributed by atoms with Crippen LogP contribution in [0, 0.1) is 0 Å². The zero-order valence-corrected chi connectivity index (χ0v) is 12.9. The highest BCUT2D eigenvalue weighted by Gasteiger charge is 2.35. The Kier molecular flexibility index (Phi) is 7.24. The van der Waals surface area contributed by atoms with E-state index in [4.69, 9.17) is 8.85 Å². The van der Waals surface area contributed by atoms with Crippen LogP contribution in [0.3, 0.4) is 0 Å². The van der Waals surface area contributed by atoms with Crippen molar-refractivity contribution in [3.8, 4) is 0 Å². The predicted molar refractivity (Wildman–Crippen MR) is 78.9 cm³/mol. The van der Waals surface area contributed by atoms with Gasteiger partial charge >= 0.3 is 8.56 Å². The number of hydrogen-bond donors (Lipinski definition) is 0. The molecule has 0 amide bonds. The third-order valence-corrected chi connectivity index (χ3v) is 6.48. The van der Waals surface area contributed by atoms with E-state index >= 15 is 0 Å². The zero-order chi connectivity index (χ0) is 13.3. The molecule has 18 heavy (non-hydrogen) atoms. The van der Waals surface area contributed by atoms with Gasteiger partial charge in [-0.3, -0.25) is 0 Å². The number of hydrogen-bond acceptors (Lipinski definition) is 2. The molecule has 0 saturated heterocycles. The van der Waals surface area contributed by atoms with Gasteiger partial charge in [-0.25, -0.2) is 0 Å². The summed E-state index contributed by atoms with van der Waals surface area (Å²) in [7, 11) is -2.05. The second-order valence-electron chi connectivity index (χ2n) is 4.62. The molecule has 1 aromatic carbocycles. The molecule has 0 bridgehead atoms. The average Bonchev–Trinajstić information content (AvgIpc) is 2.43. The van der Waals surface area contributed by atoms with Crippen LogP contribution in [0.2, 0.25) is 6.04 Å². The van der Waals surface area contributed by atoms with E-state index in [2.05, 4.69) is 51.1 Å². The molecule has 0 aliphatic rings. The Labute approximate surface area is 113 Å². The normalized spacial score (nSPS) is 11.7. The summed E-state index contributed by atoms with van der Waals surface area (Å²) in [6.45, 7) is 8.13. The van der Waals surface area contributed by atoms with Gasteiger partial charge in [-0.2, -0.15) is 0 Å². The van der Waals surface area contributed by atoms with Gasteiger partial charge in [0.05, 0.1) is 0 Å². The van der Waals surface area contributed by atoms with Gasteiger partial charge in [0, 0.05) is 19.3 Å². The summed E-state index contributed by atoms with van der Waals surface area (Å²) >= 11 is 0. The Hall–Kier alpha value is -0.643. The molecule has 0 atom stereocenters. The minimum Gasteiger partial charge on any atom is -0.394 e. The lowest BCUT2D eigenvalue weighted by molar-refractivity contribution is 0.167. The van der Waals surface area contributed by atoms with Crippen molar-refractivity contribution >= 4 is 8.56 Å². The molecule has 0 fully saturated rings. The largest absolute Gasteiger partial charge is 0.394 e. The van der Waals surface area contributed by atoms with Crippen molar-refractivity contribution in [1.29, 1.82) is 0 Å². The lowest BCUT2D eigenvalue weighted by Crippen LogP contribution is -2.45. The van der Waals surface area contributed by atoms with E-state index in [1.165, 1.54) is 5.56 Å². The molecule has 3 heteroatoms. The third kappa shape index (κ3) is 4.92. The fourth-order valence-corrected chi connectivity index (χ4v) is 4.91. The van der Waals surface area contributed by atoms with E-state index in [-0.39, 0.29) is 0 Å². The van der Waals surface area contributed by atoms with E-state index in [0.717, 1.165) is 38.1 Å². The van der Waals surface area contributed by atoms with Gasteiger partial charge in [-0.15, -0.1) is 0 Å². The molecule has 0 spiro atoms. The summed E-state index contributed by atoms with van der Waals surface area (Å²) in [5, 5.41) is 0. The molecular weight excluding hydrogens is 240 g/mol. The van der Waals surface area contributed by atoms with Gasteiger partial charge in [0.25, 0.3) is 0 Å². The van der Waals surface area contributed by atoms with Crippen molar-refractivity contribution in [3.63, 3.8) is 0 Å². The van der Waals surface area contributed by atoms with Crippen molar-refractivity contribution in [2.75, 3.05) is 13.2 Å². The van der Waals surface area contributed by atoms with Crippen molar-refractivity contribution < 1.29 is 8.85 Å². The molecule has 0 saturated carbocycles. The average molecular weight is 266 g/mol. The van der Waals surface area contributed by atoms with Gasteiger partial charge in [0.15, 0.2) is 0 Å². The fourth-order valence-electron chi connectivity index (χ4n) is 1.96. The number of benzene rings is 1. The van der Waals surface area contributed by atoms with Crippen molar-refractivity contribution in [2.24, 2.45) is 0 Å². The molecule has 0 heterocycles. The van der Waals surface area contributed by atoms with Crippen LogP contribution in [0.15, 0.2) is 30.3 Å². The van der Waals surface area contributed by atoms with Crippen molar-refractivity contribution in [3.05, 3.63) is 35.9 Å². The van der Waals surface area contributed by atoms with E-state index in [0.29, 0.717) is 0 Å². The summed E-state index contributed by atoms with van der Waals surface area (Å²) in [4.78, 5) is 0.